The number of thioether (sulfide) groups is 1. The Balaban J connectivity index is 1.28. The molecule has 1 aliphatic rings. The van der Waals surface area contributed by atoms with Crippen molar-refractivity contribution in [3.8, 4) is 0 Å². The van der Waals surface area contributed by atoms with E-state index in [1.54, 1.807) is 87.2 Å². The zero-order valence-electron chi connectivity index (χ0n) is 29.8. The van der Waals surface area contributed by atoms with Crippen LogP contribution in [0.25, 0.3) is 6.08 Å². The maximum atomic E-state index is 13.6. The number of nitrogens with one attached hydrogen (secondary N) is 3. The number of methoxy groups -OCH3 is 1. The molecule has 14 heteroatoms. The summed E-state index contributed by atoms with van der Waals surface area (Å²) in [7, 11) is 1.29. The van der Waals surface area contributed by atoms with Gasteiger partial charge in [0.25, 0.3) is 11.8 Å². The average molecular weight is 820 g/mol. The number of halogens is 1. The van der Waals surface area contributed by atoms with Crippen molar-refractivity contribution in [1.82, 2.24) is 10.2 Å². The first kappa shape index (κ1) is 39.3. The van der Waals surface area contributed by atoms with Crippen LogP contribution in [0, 0.1) is 0 Å². The van der Waals surface area contributed by atoms with Crippen molar-refractivity contribution < 1.29 is 33.4 Å². The van der Waals surface area contributed by atoms with Gasteiger partial charge in [0.1, 0.15) is 16.3 Å². The molecule has 0 bridgehead atoms. The number of nitrogens with zero attached hydrogens (tertiary/aromatic N) is 1. The molecule has 1 aliphatic heterocycles. The molecule has 4 aromatic rings. The first-order valence-electron chi connectivity index (χ1n) is 16.6. The van der Waals surface area contributed by atoms with Gasteiger partial charge < -0.3 is 30.3 Å². The Labute approximate surface area is 324 Å². The van der Waals surface area contributed by atoms with Crippen LogP contribution in [0.15, 0.2) is 93.9 Å². The Morgan fingerprint density at radius 2 is 1.68 bits per heavy atom. The van der Waals surface area contributed by atoms with Gasteiger partial charge in [-0.1, -0.05) is 52.3 Å². The van der Waals surface area contributed by atoms with Gasteiger partial charge in [0, 0.05) is 32.0 Å². The molecular weight excluding hydrogens is 780 g/mol. The predicted molar refractivity (Wildman–Crippen MR) is 211 cm³/mol. The number of amides is 4. The van der Waals surface area contributed by atoms with Crippen LogP contribution in [0.4, 0.5) is 15.5 Å². The highest BCUT2D eigenvalue weighted by Crippen LogP contribution is 2.38. The Morgan fingerprint density at radius 3 is 2.36 bits per heavy atom. The van der Waals surface area contributed by atoms with Crippen LogP contribution in [-0.4, -0.2) is 59.2 Å². The molecule has 276 valence electrons. The van der Waals surface area contributed by atoms with E-state index in [0.29, 0.717) is 39.7 Å². The van der Waals surface area contributed by atoms with Crippen LogP contribution in [0.2, 0.25) is 0 Å². The van der Waals surface area contributed by atoms with E-state index < -0.39 is 34.7 Å². The van der Waals surface area contributed by atoms with Crippen LogP contribution < -0.4 is 16.0 Å². The number of thiophene rings is 1. The third-order valence-electron chi connectivity index (χ3n) is 7.82. The second-order valence-electron chi connectivity index (χ2n) is 13.0. The molecule has 4 amide bonds. The SMILES string of the molecule is COC(=O)c1c(NC(=O)C(C)Sc2cccc(NC(=O)/C(=C\c3ccc(Br)cc3)NC(=O)c3ccccc3)c2)sc2c1CCN(C(=O)OC(C)(C)C)C2. The summed E-state index contributed by atoms with van der Waals surface area (Å²) in [4.78, 5) is 68.8. The van der Waals surface area contributed by atoms with Crippen LogP contribution >= 0.6 is 39.0 Å². The van der Waals surface area contributed by atoms with Gasteiger partial charge >= 0.3 is 12.1 Å². The van der Waals surface area contributed by atoms with Crippen LogP contribution in [0.3, 0.4) is 0 Å². The molecule has 0 fully saturated rings. The lowest BCUT2D eigenvalue weighted by atomic mass is 10.0. The Kier molecular flexibility index (Phi) is 12.8. The molecule has 0 saturated carbocycles. The van der Waals surface area contributed by atoms with Gasteiger partial charge in [-0.05, 0) is 93.8 Å². The number of ether oxygens (including phenoxy) is 2. The summed E-state index contributed by atoms with van der Waals surface area (Å²) in [6, 6.07) is 22.9. The van der Waals surface area contributed by atoms with Crippen molar-refractivity contribution in [2.45, 2.75) is 56.4 Å². The molecule has 0 radical (unpaired) electrons. The van der Waals surface area contributed by atoms with Gasteiger partial charge in [0.2, 0.25) is 5.91 Å². The van der Waals surface area contributed by atoms with Crippen molar-refractivity contribution in [3.05, 3.63) is 116 Å². The third kappa shape index (κ3) is 10.6. The summed E-state index contributed by atoms with van der Waals surface area (Å²) in [6.45, 7) is 7.74. The summed E-state index contributed by atoms with van der Waals surface area (Å²) in [5.41, 5.74) is 1.99. The number of fused-ring (bicyclic) bond motifs is 1. The molecule has 3 aromatic carbocycles. The monoisotopic (exact) mass is 818 g/mol. The van der Waals surface area contributed by atoms with Gasteiger partial charge in [0.05, 0.1) is 24.5 Å². The van der Waals surface area contributed by atoms with Crippen LogP contribution in [-0.2, 0) is 32.0 Å². The molecule has 0 saturated heterocycles. The second kappa shape index (κ2) is 17.3. The van der Waals surface area contributed by atoms with Gasteiger partial charge in [-0.2, -0.15) is 0 Å². The molecule has 5 rings (SSSR count). The van der Waals surface area contributed by atoms with Gasteiger partial charge in [-0.3, -0.25) is 14.4 Å². The van der Waals surface area contributed by atoms with E-state index in [4.69, 9.17) is 9.47 Å². The summed E-state index contributed by atoms with van der Waals surface area (Å²) in [6.07, 6.45) is 1.55. The smallest absolute Gasteiger partial charge is 0.410 e. The van der Waals surface area contributed by atoms with Crippen molar-refractivity contribution in [3.63, 3.8) is 0 Å². The zero-order chi connectivity index (χ0) is 38.3. The maximum absolute atomic E-state index is 13.6. The lowest BCUT2D eigenvalue weighted by Gasteiger charge is -2.30. The van der Waals surface area contributed by atoms with E-state index in [9.17, 15) is 24.0 Å². The highest BCUT2D eigenvalue weighted by atomic mass is 79.9. The van der Waals surface area contributed by atoms with E-state index >= 15 is 0 Å². The van der Waals surface area contributed by atoms with E-state index in [1.807, 2.05) is 30.3 Å². The fourth-order valence-corrected chi connectivity index (χ4v) is 7.72. The average Bonchev–Trinajstić information content (AvgIpc) is 3.48. The Bertz CT molecular complexity index is 2040. The number of anilines is 2. The number of benzene rings is 3. The summed E-state index contributed by atoms with van der Waals surface area (Å²) < 4.78 is 11.5. The highest BCUT2D eigenvalue weighted by molar-refractivity contribution is 9.10. The number of carbonyl (C=O) groups is 5. The lowest BCUT2D eigenvalue weighted by Crippen LogP contribution is -2.39. The Morgan fingerprint density at radius 1 is 0.962 bits per heavy atom. The fourth-order valence-electron chi connectivity index (χ4n) is 5.28. The third-order valence-corrected chi connectivity index (χ3v) is 10.6. The summed E-state index contributed by atoms with van der Waals surface area (Å²) in [5, 5.41) is 8.25. The van der Waals surface area contributed by atoms with Crippen molar-refractivity contribution in [2.24, 2.45) is 0 Å². The number of hydrogen-bond acceptors (Lipinski definition) is 9. The van der Waals surface area contributed by atoms with Crippen molar-refractivity contribution in [2.75, 3.05) is 24.3 Å². The quantitative estimate of drug-likeness (QED) is 0.0828. The summed E-state index contributed by atoms with van der Waals surface area (Å²) >= 11 is 5.91. The molecule has 2 heterocycles. The molecular formula is C39H39BrN4O7S2. The number of hydrogen-bond donors (Lipinski definition) is 3. The number of esters is 1. The molecule has 11 nitrogen and oxygen atoms in total. The summed E-state index contributed by atoms with van der Waals surface area (Å²) in [5.74, 6) is -1.88. The van der Waals surface area contributed by atoms with Gasteiger partial charge in [0.15, 0.2) is 0 Å². The van der Waals surface area contributed by atoms with Gasteiger partial charge in [-0.15, -0.1) is 23.1 Å². The predicted octanol–water partition coefficient (Wildman–Crippen LogP) is 8.12. The molecule has 0 aliphatic carbocycles. The van der Waals surface area contributed by atoms with Crippen molar-refractivity contribution >= 4 is 85.6 Å². The molecule has 53 heavy (non-hydrogen) atoms. The molecule has 1 aromatic heterocycles. The second-order valence-corrected chi connectivity index (χ2v) is 16.4. The van der Waals surface area contributed by atoms with Crippen LogP contribution in [0.5, 0.6) is 0 Å². The van der Waals surface area contributed by atoms with E-state index in [0.717, 1.165) is 14.9 Å². The normalized spacial score (nSPS) is 13.3. The fraction of sp³-hybridized carbons (Fsp3) is 0.256. The van der Waals surface area contributed by atoms with E-state index in [2.05, 4.69) is 31.9 Å². The number of rotatable bonds is 10. The zero-order valence-corrected chi connectivity index (χ0v) is 33.0. The van der Waals surface area contributed by atoms with E-state index in [1.165, 1.54) is 30.2 Å². The first-order valence-corrected chi connectivity index (χ1v) is 19.1. The van der Waals surface area contributed by atoms with Gasteiger partial charge in [-0.25, -0.2) is 9.59 Å². The van der Waals surface area contributed by atoms with E-state index in [-0.39, 0.29) is 23.7 Å². The highest BCUT2D eigenvalue weighted by Gasteiger charge is 2.33. The first-order chi connectivity index (χ1) is 25.2. The lowest BCUT2D eigenvalue weighted by molar-refractivity contribution is -0.115. The maximum Gasteiger partial charge on any atom is 0.410 e. The van der Waals surface area contributed by atoms with Crippen LogP contribution in [0.1, 0.15) is 64.4 Å². The Hall–Kier alpha value is -4.92. The molecule has 3 N–H and O–H groups in total. The molecule has 1 atom stereocenters. The largest absolute Gasteiger partial charge is 0.465 e. The standard InChI is InChI=1S/C39H39BrN4O7S2/c1-23(33(45)43-36-32(37(48)50-5)29-18-19-44(22-31(29)53-36)38(49)51-39(2,3)4)52-28-13-9-12-27(21-28)41-35(47)30(20-24-14-16-26(40)17-15-24)42-34(46)25-10-7-6-8-11-25/h6-17,20-21,23H,18-19,22H2,1-5H3,(H,41,47)(H,42,46)(H,43,45)/b30-20+. The minimum atomic E-state index is -0.650. The number of carbonyl (C=O) groups excluding carboxylic acids is 5. The minimum absolute atomic E-state index is 0.0428. The van der Waals surface area contributed by atoms with Crippen molar-refractivity contribution in [1.29, 1.82) is 0 Å². The minimum Gasteiger partial charge on any atom is -0.465 e. The molecule has 1 unspecified atom stereocenters. The molecule has 0 spiro atoms. The topological polar surface area (TPSA) is 143 Å².